The zero-order valence-electron chi connectivity index (χ0n) is 21.1. The Morgan fingerprint density at radius 1 is 1.23 bits per heavy atom. The lowest BCUT2D eigenvalue weighted by Gasteiger charge is -2.14. The van der Waals surface area contributed by atoms with Crippen molar-refractivity contribution >= 4 is 38.8 Å². The predicted octanol–water partition coefficient (Wildman–Crippen LogP) is 4.98. The Morgan fingerprint density at radius 3 is 2.77 bits per heavy atom. The number of aryl methyl sites for hydroxylation is 2. The van der Waals surface area contributed by atoms with Gasteiger partial charge in [-0.1, -0.05) is 37.3 Å². The minimum absolute atomic E-state index is 0.234. The molecule has 4 heterocycles. The number of nitrogens with zero attached hydrogens (tertiary/aromatic N) is 5. The molecule has 0 amide bonds. The number of imidazole rings is 1. The lowest BCUT2D eigenvalue weighted by molar-refractivity contribution is -0.154. The van der Waals surface area contributed by atoms with Crippen LogP contribution < -0.4 is 0 Å². The van der Waals surface area contributed by atoms with Crippen LogP contribution in [0.2, 0.25) is 0 Å². The topological polar surface area (TPSA) is 138 Å². The van der Waals surface area contributed by atoms with Crippen LogP contribution in [-0.4, -0.2) is 48.4 Å². The van der Waals surface area contributed by atoms with Gasteiger partial charge in [-0.15, -0.1) is 10.2 Å². The SMILES string of the molecule is CCc1nc(C)c(C(=O)O[C@@H]2CCC(=O)O2)n1Cc1ccc2oc(-c3ccccc3-c3nn[nH]n3)c(Br)c2c1. The lowest BCUT2D eigenvalue weighted by Crippen LogP contribution is -2.21. The van der Waals surface area contributed by atoms with Crippen molar-refractivity contribution in [2.24, 2.45) is 0 Å². The van der Waals surface area contributed by atoms with Gasteiger partial charge >= 0.3 is 11.9 Å². The summed E-state index contributed by atoms with van der Waals surface area (Å²) in [7, 11) is 0. The van der Waals surface area contributed by atoms with Crippen molar-refractivity contribution in [2.45, 2.75) is 45.9 Å². The molecular weight excluding hydrogens is 568 g/mol. The van der Waals surface area contributed by atoms with E-state index in [9.17, 15) is 9.59 Å². The number of furan rings is 1. The molecule has 3 aromatic heterocycles. The summed E-state index contributed by atoms with van der Waals surface area (Å²) in [5, 5.41) is 15.3. The van der Waals surface area contributed by atoms with E-state index in [-0.39, 0.29) is 12.4 Å². The number of ether oxygens (including phenoxy) is 2. The largest absolute Gasteiger partial charge is 0.455 e. The first-order chi connectivity index (χ1) is 18.9. The molecular formula is C27H23BrN6O5. The van der Waals surface area contributed by atoms with Crippen LogP contribution in [0.4, 0.5) is 0 Å². The number of hydrogen-bond donors (Lipinski definition) is 1. The quantitative estimate of drug-likeness (QED) is 0.260. The average molecular weight is 591 g/mol. The van der Waals surface area contributed by atoms with Gasteiger partial charge in [-0.2, -0.15) is 5.21 Å². The van der Waals surface area contributed by atoms with E-state index >= 15 is 0 Å². The molecule has 1 aliphatic heterocycles. The second-order valence-corrected chi connectivity index (χ2v) is 9.91. The van der Waals surface area contributed by atoms with Gasteiger partial charge in [0.25, 0.3) is 0 Å². The van der Waals surface area contributed by atoms with E-state index < -0.39 is 12.3 Å². The first kappa shape index (κ1) is 25.0. The third kappa shape index (κ3) is 4.60. The summed E-state index contributed by atoms with van der Waals surface area (Å²) in [5.74, 6) is 0.929. The van der Waals surface area contributed by atoms with Crippen LogP contribution in [0.25, 0.3) is 33.7 Å². The number of benzene rings is 2. The molecule has 198 valence electrons. The highest BCUT2D eigenvalue weighted by Gasteiger charge is 2.30. The monoisotopic (exact) mass is 590 g/mol. The van der Waals surface area contributed by atoms with Gasteiger partial charge in [-0.05, 0) is 45.8 Å². The maximum Gasteiger partial charge on any atom is 0.359 e. The number of halogens is 1. The molecule has 12 heteroatoms. The molecule has 11 nitrogen and oxygen atoms in total. The molecule has 1 fully saturated rings. The molecule has 6 rings (SSSR count). The fourth-order valence-electron chi connectivity index (χ4n) is 4.81. The molecule has 1 N–H and O–H groups in total. The smallest absolute Gasteiger partial charge is 0.359 e. The van der Waals surface area contributed by atoms with E-state index in [0.29, 0.717) is 47.9 Å². The molecule has 39 heavy (non-hydrogen) atoms. The van der Waals surface area contributed by atoms with E-state index in [0.717, 1.165) is 32.4 Å². The summed E-state index contributed by atoms with van der Waals surface area (Å²) in [6.45, 7) is 4.15. The van der Waals surface area contributed by atoms with Crippen LogP contribution in [0.5, 0.6) is 0 Å². The molecule has 5 aromatic rings. The van der Waals surface area contributed by atoms with Crippen molar-refractivity contribution in [3.05, 3.63) is 69.7 Å². The second-order valence-electron chi connectivity index (χ2n) is 9.12. The van der Waals surface area contributed by atoms with Gasteiger partial charge < -0.3 is 18.5 Å². The van der Waals surface area contributed by atoms with Gasteiger partial charge in [0.2, 0.25) is 12.1 Å². The van der Waals surface area contributed by atoms with Gasteiger partial charge in [0.05, 0.1) is 16.6 Å². The normalized spacial score (nSPS) is 15.2. The number of aromatic nitrogens is 6. The van der Waals surface area contributed by atoms with Crippen LogP contribution in [0, 0.1) is 6.92 Å². The van der Waals surface area contributed by atoms with Gasteiger partial charge in [0, 0.05) is 35.9 Å². The zero-order valence-corrected chi connectivity index (χ0v) is 22.7. The number of nitrogens with one attached hydrogen (secondary N) is 1. The molecule has 0 radical (unpaired) electrons. The minimum atomic E-state index is -0.871. The van der Waals surface area contributed by atoms with Crippen molar-refractivity contribution in [3.63, 3.8) is 0 Å². The first-order valence-corrected chi connectivity index (χ1v) is 13.2. The summed E-state index contributed by atoms with van der Waals surface area (Å²) in [5.41, 5.74) is 4.14. The second kappa shape index (κ2) is 10.1. The highest BCUT2D eigenvalue weighted by atomic mass is 79.9. The summed E-state index contributed by atoms with van der Waals surface area (Å²) >= 11 is 3.74. The van der Waals surface area contributed by atoms with Crippen LogP contribution in [-0.2, 0) is 27.2 Å². The summed E-state index contributed by atoms with van der Waals surface area (Å²) in [6, 6.07) is 13.6. The molecule has 0 bridgehead atoms. The molecule has 0 saturated carbocycles. The molecule has 1 aliphatic rings. The van der Waals surface area contributed by atoms with Crippen molar-refractivity contribution in [1.29, 1.82) is 0 Å². The number of esters is 2. The van der Waals surface area contributed by atoms with E-state index in [4.69, 9.17) is 13.9 Å². The van der Waals surface area contributed by atoms with Crippen molar-refractivity contribution < 1.29 is 23.5 Å². The highest BCUT2D eigenvalue weighted by molar-refractivity contribution is 9.10. The first-order valence-electron chi connectivity index (χ1n) is 12.4. The Morgan fingerprint density at radius 2 is 2.05 bits per heavy atom. The Hall–Kier alpha value is -4.32. The molecule has 0 aliphatic carbocycles. The van der Waals surface area contributed by atoms with E-state index in [1.165, 1.54) is 0 Å². The standard InChI is InChI=1S/C27H23BrN6O5/c1-3-20-29-14(2)24(27(36)39-22-11-10-21(35)38-22)34(20)13-15-8-9-19-18(12-15)23(28)25(37-19)16-6-4-5-7-17(16)26-30-32-33-31-26/h4-9,12,22H,3,10-11,13H2,1-2H3,(H,30,31,32,33)/t22-/m1/s1. The maximum absolute atomic E-state index is 13.1. The Labute approximate surface area is 230 Å². The molecule has 0 spiro atoms. The molecule has 0 unspecified atom stereocenters. The summed E-state index contributed by atoms with van der Waals surface area (Å²) in [6.07, 6.45) is 0.338. The fraction of sp³-hybridized carbons (Fsp3) is 0.259. The van der Waals surface area contributed by atoms with Crippen molar-refractivity contribution in [3.8, 4) is 22.7 Å². The number of tetrazole rings is 1. The number of fused-ring (bicyclic) bond motifs is 1. The number of H-pyrrole nitrogens is 1. The Kier molecular flexibility index (Phi) is 6.47. The van der Waals surface area contributed by atoms with Gasteiger partial charge in [-0.25, -0.2) is 9.78 Å². The van der Waals surface area contributed by atoms with Crippen LogP contribution >= 0.6 is 15.9 Å². The average Bonchev–Trinajstić information content (AvgIpc) is 3.72. The fourth-order valence-corrected chi connectivity index (χ4v) is 5.41. The van der Waals surface area contributed by atoms with Crippen molar-refractivity contribution in [1.82, 2.24) is 30.2 Å². The number of aromatic amines is 1. The van der Waals surface area contributed by atoms with E-state index in [2.05, 4.69) is 41.5 Å². The molecule has 2 aromatic carbocycles. The molecule has 1 saturated heterocycles. The van der Waals surface area contributed by atoms with E-state index in [1.54, 1.807) is 6.92 Å². The zero-order chi connectivity index (χ0) is 27.1. The number of hydrogen-bond acceptors (Lipinski definition) is 9. The predicted molar refractivity (Wildman–Crippen MR) is 142 cm³/mol. The maximum atomic E-state index is 13.1. The third-order valence-electron chi connectivity index (χ3n) is 6.61. The van der Waals surface area contributed by atoms with Gasteiger partial charge in [-0.3, -0.25) is 4.79 Å². The van der Waals surface area contributed by atoms with Crippen LogP contribution in [0.1, 0.15) is 47.3 Å². The van der Waals surface area contributed by atoms with Gasteiger partial charge in [0.1, 0.15) is 17.2 Å². The number of rotatable bonds is 7. The number of cyclic esters (lactones) is 1. The van der Waals surface area contributed by atoms with Gasteiger partial charge in [0.15, 0.2) is 5.69 Å². The highest BCUT2D eigenvalue weighted by Crippen LogP contribution is 2.41. The Bertz CT molecular complexity index is 1710. The Balaban J connectivity index is 1.35. The third-order valence-corrected chi connectivity index (χ3v) is 7.39. The minimum Gasteiger partial charge on any atom is -0.455 e. The number of carbonyl (C=O) groups excluding carboxylic acids is 2. The van der Waals surface area contributed by atoms with Crippen LogP contribution in [0.15, 0.2) is 51.4 Å². The lowest BCUT2D eigenvalue weighted by atomic mass is 10.0. The van der Waals surface area contributed by atoms with Crippen LogP contribution in [0.3, 0.4) is 0 Å². The summed E-state index contributed by atoms with van der Waals surface area (Å²) in [4.78, 5) is 29.2. The number of carbonyl (C=O) groups is 2. The van der Waals surface area contributed by atoms with Crippen molar-refractivity contribution in [2.75, 3.05) is 0 Å². The molecule has 1 atom stereocenters. The summed E-state index contributed by atoms with van der Waals surface area (Å²) < 4.78 is 19.5. The van der Waals surface area contributed by atoms with E-state index in [1.807, 2.05) is 54.0 Å².